The molecular formula is C19H19ClN4O4. The van der Waals surface area contributed by atoms with E-state index in [1.807, 2.05) is 24.3 Å². The molecule has 1 N–H and O–H groups in total. The molecule has 0 aliphatic heterocycles. The number of ether oxygens (including phenoxy) is 2. The largest absolute Gasteiger partial charge is 0.494 e. The number of rotatable bonds is 9. The van der Waals surface area contributed by atoms with Crippen LogP contribution in [0.4, 0.5) is 11.5 Å². The van der Waals surface area contributed by atoms with Crippen molar-refractivity contribution in [2.24, 2.45) is 0 Å². The quantitative estimate of drug-likeness (QED) is 0.325. The van der Waals surface area contributed by atoms with Crippen molar-refractivity contribution in [2.45, 2.75) is 13.0 Å². The van der Waals surface area contributed by atoms with Crippen LogP contribution >= 0.6 is 11.6 Å². The number of nitrogens with zero attached hydrogens (tertiary/aromatic N) is 3. The highest BCUT2D eigenvalue weighted by molar-refractivity contribution is 6.33. The summed E-state index contributed by atoms with van der Waals surface area (Å²) in [5, 5.41) is 14.9. The van der Waals surface area contributed by atoms with Gasteiger partial charge in [0.2, 0.25) is 0 Å². The Hall–Kier alpha value is -2.97. The first-order chi connectivity index (χ1) is 13.6. The zero-order valence-corrected chi connectivity index (χ0v) is 16.0. The second-order valence-electron chi connectivity index (χ2n) is 5.99. The predicted octanol–water partition coefficient (Wildman–Crippen LogP) is 4.22. The third kappa shape index (κ3) is 4.85. The van der Waals surface area contributed by atoms with E-state index in [1.165, 1.54) is 18.5 Å². The predicted molar refractivity (Wildman–Crippen MR) is 107 cm³/mol. The van der Waals surface area contributed by atoms with Crippen molar-refractivity contribution in [3.05, 3.63) is 63.4 Å². The van der Waals surface area contributed by atoms with Crippen LogP contribution in [0.1, 0.15) is 12.0 Å². The van der Waals surface area contributed by atoms with E-state index in [2.05, 4.69) is 15.3 Å². The fraction of sp³-hybridized carbons (Fsp3) is 0.263. The van der Waals surface area contributed by atoms with Crippen LogP contribution in [-0.2, 0) is 11.3 Å². The van der Waals surface area contributed by atoms with E-state index in [4.69, 9.17) is 21.1 Å². The van der Waals surface area contributed by atoms with E-state index in [1.54, 1.807) is 7.11 Å². The van der Waals surface area contributed by atoms with Crippen molar-refractivity contribution >= 4 is 34.0 Å². The van der Waals surface area contributed by atoms with Crippen molar-refractivity contribution in [1.29, 1.82) is 0 Å². The van der Waals surface area contributed by atoms with Gasteiger partial charge < -0.3 is 14.8 Å². The van der Waals surface area contributed by atoms with Gasteiger partial charge in [-0.3, -0.25) is 10.1 Å². The van der Waals surface area contributed by atoms with Crippen molar-refractivity contribution in [3.8, 4) is 5.75 Å². The molecule has 0 aliphatic rings. The van der Waals surface area contributed by atoms with Crippen LogP contribution in [0.3, 0.4) is 0 Å². The first kappa shape index (κ1) is 19.8. The lowest BCUT2D eigenvalue weighted by Crippen LogP contribution is -2.04. The maximum Gasteiger partial charge on any atom is 0.288 e. The Bertz CT molecular complexity index is 966. The highest BCUT2D eigenvalue weighted by Gasteiger charge is 2.16. The van der Waals surface area contributed by atoms with E-state index in [9.17, 15) is 10.1 Å². The van der Waals surface area contributed by atoms with E-state index >= 15 is 0 Å². The average molecular weight is 403 g/mol. The molecule has 1 aromatic heterocycles. The number of benzene rings is 2. The summed E-state index contributed by atoms with van der Waals surface area (Å²) in [5.74, 6) is 1.29. The number of nitro groups is 1. The van der Waals surface area contributed by atoms with E-state index < -0.39 is 4.92 Å². The molecule has 0 radical (unpaired) electrons. The molecule has 3 rings (SSSR count). The minimum atomic E-state index is -0.524. The summed E-state index contributed by atoms with van der Waals surface area (Å²) < 4.78 is 10.6. The lowest BCUT2D eigenvalue weighted by molar-refractivity contribution is -0.384. The van der Waals surface area contributed by atoms with Gasteiger partial charge in [0, 0.05) is 38.1 Å². The van der Waals surface area contributed by atoms with Gasteiger partial charge in [0.1, 0.15) is 22.9 Å². The highest BCUT2D eigenvalue weighted by Crippen LogP contribution is 2.31. The molecule has 146 valence electrons. The summed E-state index contributed by atoms with van der Waals surface area (Å²) in [5.41, 5.74) is 1.37. The minimum absolute atomic E-state index is 0.0447. The normalized spacial score (nSPS) is 10.8. The number of nitrogens with one attached hydrogen (secondary N) is 1. The molecule has 9 heteroatoms. The van der Waals surface area contributed by atoms with Gasteiger partial charge in [0.15, 0.2) is 0 Å². The molecule has 8 nitrogen and oxygen atoms in total. The summed E-state index contributed by atoms with van der Waals surface area (Å²) >= 11 is 5.95. The van der Waals surface area contributed by atoms with Gasteiger partial charge in [-0.1, -0.05) is 23.7 Å². The van der Waals surface area contributed by atoms with Crippen molar-refractivity contribution in [3.63, 3.8) is 0 Å². The molecule has 28 heavy (non-hydrogen) atoms. The van der Waals surface area contributed by atoms with Gasteiger partial charge in [-0.2, -0.15) is 0 Å². The minimum Gasteiger partial charge on any atom is -0.494 e. The van der Waals surface area contributed by atoms with Crippen molar-refractivity contribution in [1.82, 2.24) is 9.97 Å². The molecule has 0 atom stereocenters. The first-order valence-corrected chi connectivity index (χ1v) is 8.99. The van der Waals surface area contributed by atoms with Crippen LogP contribution in [0.15, 0.2) is 42.7 Å². The number of aromatic nitrogens is 2. The fourth-order valence-corrected chi connectivity index (χ4v) is 2.86. The van der Waals surface area contributed by atoms with Gasteiger partial charge in [-0.15, -0.1) is 0 Å². The molecule has 1 heterocycles. The van der Waals surface area contributed by atoms with E-state index in [0.717, 1.165) is 17.7 Å². The van der Waals surface area contributed by atoms with Crippen LogP contribution < -0.4 is 10.1 Å². The van der Waals surface area contributed by atoms with Crippen LogP contribution in [-0.4, -0.2) is 35.2 Å². The van der Waals surface area contributed by atoms with Crippen LogP contribution in [0, 0.1) is 10.1 Å². The SMILES string of the molecule is COCCCOc1ccc(CNc2ncnc3cc(Cl)c([N+](=O)[O-])cc23)cc1. The summed E-state index contributed by atoms with van der Waals surface area (Å²) in [6.07, 6.45) is 2.22. The number of hydrogen-bond acceptors (Lipinski definition) is 7. The number of methoxy groups -OCH3 is 1. The van der Waals surface area contributed by atoms with Gasteiger partial charge in [-0.25, -0.2) is 9.97 Å². The monoisotopic (exact) mass is 402 g/mol. The van der Waals surface area contributed by atoms with E-state index in [-0.39, 0.29) is 10.7 Å². The third-order valence-corrected chi connectivity index (χ3v) is 4.35. The van der Waals surface area contributed by atoms with Gasteiger partial charge in [-0.05, 0) is 23.8 Å². The Labute approximate surface area is 166 Å². The fourth-order valence-electron chi connectivity index (χ4n) is 2.63. The van der Waals surface area contributed by atoms with Crippen LogP contribution in [0.5, 0.6) is 5.75 Å². The number of fused-ring (bicyclic) bond motifs is 1. The summed E-state index contributed by atoms with van der Waals surface area (Å²) in [7, 11) is 1.66. The second-order valence-corrected chi connectivity index (χ2v) is 6.40. The maximum atomic E-state index is 11.1. The maximum absolute atomic E-state index is 11.1. The highest BCUT2D eigenvalue weighted by atomic mass is 35.5. The second kappa shape index (κ2) is 9.29. The Morgan fingerprint density at radius 3 is 2.68 bits per heavy atom. The van der Waals surface area contributed by atoms with Gasteiger partial charge in [0.05, 0.1) is 17.0 Å². The molecule has 2 aromatic carbocycles. The number of halogens is 1. The average Bonchev–Trinajstić information content (AvgIpc) is 2.69. The Morgan fingerprint density at radius 1 is 1.18 bits per heavy atom. The molecule has 0 amide bonds. The molecule has 0 bridgehead atoms. The molecule has 3 aromatic rings. The molecule has 0 saturated carbocycles. The van der Waals surface area contributed by atoms with Crippen molar-refractivity contribution < 1.29 is 14.4 Å². The topological polar surface area (TPSA) is 99.4 Å². The molecule has 0 unspecified atom stereocenters. The Morgan fingerprint density at radius 2 is 1.96 bits per heavy atom. The van der Waals surface area contributed by atoms with Crippen LogP contribution in [0.2, 0.25) is 5.02 Å². The van der Waals surface area contributed by atoms with Gasteiger partial charge in [0.25, 0.3) is 5.69 Å². The number of anilines is 1. The molecular weight excluding hydrogens is 384 g/mol. The smallest absolute Gasteiger partial charge is 0.288 e. The Kier molecular flexibility index (Phi) is 6.57. The zero-order chi connectivity index (χ0) is 19.9. The molecule has 0 aliphatic carbocycles. The zero-order valence-electron chi connectivity index (χ0n) is 15.2. The summed E-state index contributed by atoms with van der Waals surface area (Å²) in [4.78, 5) is 18.9. The number of nitro benzene ring substituents is 1. The standard InChI is InChI=1S/C19H19ClN4O4/c1-27-7-2-8-28-14-5-3-13(4-6-14)11-21-19-15-9-18(24(25)26)16(20)10-17(15)22-12-23-19/h3-6,9-10,12H,2,7-8,11H2,1H3,(H,21,22,23). The summed E-state index contributed by atoms with van der Waals surface area (Å²) in [6.45, 7) is 1.75. The summed E-state index contributed by atoms with van der Waals surface area (Å²) in [6, 6.07) is 10.5. The van der Waals surface area contributed by atoms with E-state index in [0.29, 0.717) is 36.5 Å². The number of hydrogen-bond donors (Lipinski definition) is 1. The lowest BCUT2D eigenvalue weighted by atomic mass is 10.2. The molecule has 0 fully saturated rings. The Balaban J connectivity index is 1.69. The van der Waals surface area contributed by atoms with Gasteiger partial charge >= 0.3 is 0 Å². The lowest BCUT2D eigenvalue weighted by Gasteiger charge is -2.10. The van der Waals surface area contributed by atoms with Crippen LogP contribution in [0.25, 0.3) is 10.9 Å². The van der Waals surface area contributed by atoms with Crippen molar-refractivity contribution in [2.75, 3.05) is 25.6 Å². The first-order valence-electron chi connectivity index (χ1n) is 8.61. The molecule has 0 saturated heterocycles. The molecule has 0 spiro atoms. The third-order valence-electron chi connectivity index (χ3n) is 4.05.